The highest BCUT2D eigenvalue weighted by Crippen LogP contribution is 2.51. The molecule has 3 rings (SSSR count). The molecule has 3 unspecified atom stereocenters. The lowest BCUT2D eigenvalue weighted by Crippen LogP contribution is -2.51. The fourth-order valence-corrected chi connectivity index (χ4v) is 4.13. The molecule has 1 aromatic carbocycles. The summed E-state index contributed by atoms with van der Waals surface area (Å²) in [6, 6.07) is 9.39. The third-order valence-corrected chi connectivity index (χ3v) is 5.12. The molecule has 2 fully saturated rings. The minimum Gasteiger partial charge on any atom is -0.467 e. The van der Waals surface area contributed by atoms with Gasteiger partial charge in [0, 0.05) is 11.6 Å². The molecular weight excluding hydrogens is 266 g/mol. The van der Waals surface area contributed by atoms with Crippen LogP contribution in [0.5, 0.6) is 0 Å². The van der Waals surface area contributed by atoms with E-state index in [0.717, 1.165) is 25.7 Å². The van der Waals surface area contributed by atoms with Gasteiger partial charge in [-0.2, -0.15) is 0 Å². The number of esters is 1. The summed E-state index contributed by atoms with van der Waals surface area (Å²) in [6.45, 7) is 2.13. The molecule has 3 atom stereocenters. The molecule has 2 aliphatic rings. The molecule has 2 heterocycles. The number of nitrogens with zero attached hydrogens (tertiary/aromatic N) is 1. The molecular formula is C17H21NO3. The number of hydrogen-bond acceptors (Lipinski definition) is 3. The van der Waals surface area contributed by atoms with Gasteiger partial charge in [-0.15, -0.1) is 0 Å². The lowest BCUT2D eigenvalue weighted by Gasteiger charge is -2.32. The van der Waals surface area contributed by atoms with Crippen molar-refractivity contribution in [2.75, 3.05) is 7.11 Å². The third-order valence-electron chi connectivity index (χ3n) is 5.12. The van der Waals surface area contributed by atoms with E-state index in [1.54, 1.807) is 0 Å². The average molecular weight is 287 g/mol. The van der Waals surface area contributed by atoms with E-state index in [-0.39, 0.29) is 17.9 Å². The molecule has 0 aromatic heterocycles. The van der Waals surface area contributed by atoms with Gasteiger partial charge in [0.1, 0.15) is 5.54 Å². The van der Waals surface area contributed by atoms with Gasteiger partial charge in [0.15, 0.2) is 0 Å². The van der Waals surface area contributed by atoms with Crippen LogP contribution in [0.2, 0.25) is 0 Å². The van der Waals surface area contributed by atoms with Crippen molar-refractivity contribution in [2.45, 2.75) is 44.2 Å². The number of fused-ring (bicyclic) bond motifs is 2. The molecule has 1 aromatic rings. The third kappa shape index (κ3) is 1.96. The Morgan fingerprint density at radius 2 is 2.05 bits per heavy atom. The highest BCUT2D eigenvalue weighted by molar-refractivity contribution is 5.99. The van der Waals surface area contributed by atoms with E-state index in [9.17, 15) is 9.59 Å². The first-order valence-electron chi connectivity index (χ1n) is 7.61. The normalized spacial score (nSPS) is 30.5. The number of amides is 1. The summed E-state index contributed by atoms with van der Waals surface area (Å²) in [5.74, 6) is 0.0928. The number of benzene rings is 1. The Morgan fingerprint density at radius 1 is 1.33 bits per heavy atom. The SMILES string of the molecule is CCC1CC2(C(=O)OC)CCC1N2C(=O)c1ccccc1. The molecule has 1 amide bonds. The smallest absolute Gasteiger partial charge is 0.331 e. The summed E-state index contributed by atoms with van der Waals surface area (Å²) in [6.07, 6.45) is 3.34. The zero-order chi connectivity index (χ0) is 15.0. The molecule has 4 heteroatoms. The molecule has 112 valence electrons. The number of hydrogen-bond donors (Lipinski definition) is 0. The Kier molecular flexibility index (Phi) is 3.47. The van der Waals surface area contributed by atoms with Gasteiger partial charge in [0.05, 0.1) is 7.11 Å². The van der Waals surface area contributed by atoms with Gasteiger partial charge in [0.2, 0.25) is 0 Å². The maximum atomic E-state index is 12.9. The Bertz CT molecular complexity index is 556. The number of carbonyl (C=O) groups excluding carboxylic acids is 2. The summed E-state index contributed by atoms with van der Waals surface area (Å²) in [5.41, 5.74) is -0.0954. The van der Waals surface area contributed by atoms with Gasteiger partial charge in [-0.3, -0.25) is 4.79 Å². The summed E-state index contributed by atoms with van der Waals surface area (Å²) in [4.78, 5) is 27.1. The van der Waals surface area contributed by atoms with Crippen LogP contribution in [0.15, 0.2) is 30.3 Å². The van der Waals surface area contributed by atoms with Crippen LogP contribution in [0.1, 0.15) is 43.0 Å². The van der Waals surface area contributed by atoms with Crippen molar-refractivity contribution in [3.8, 4) is 0 Å². The van der Waals surface area contributed by atoms with Crippen LogP contribution in [0.3, 0.4) is 0 Å². The van der Waals surface area contributed by atoms with Crippen molar-refractivity contribution < 1.29 is 14.3 Å². The largest absolute Gasteiger partial charge is 0.467 e. The summed E-state index contributed by atoms with van der Waals surface area (Å²) in [5, 5.41) is 0. The fourth-order valence-electron chi connectivity index (χ4n) is 4.13. The zero-order valence-corrected chi connectivity index (χ0v) is 12.5. The van der Waals surface area contributed by atoms with Gasteiger partial charge in [0.25, 0.3) is 5.91 Å². The van der Waals surface area contributed by atoms with E-state index in [2.05, 4.69) is 6.92 Å². The first-order chi connectivity index (χ1) is 10.1. The van der Waals surface area contributed by atoms with Gasteiger partial charge in [-0.25, -0.2) is 4.79 Å². The highest BCUT2D eigenvalue weighted by Gasteiger charge is 2.62. The Balaban J connectivity index is 1.99. The first kappa shape index (κ1) is 14.1. The lowest BCUT2D eigenvalue weighted by molar-refractivity contribution is -0.151. The van der Waals surface area contributed by atoms with Crippen LogP contribution < -0.4 is 0 Å². The summed E-state index contributed by atoms with van der Waals surface area (Å²) < 4.78 is 5.03. The van der Waals surface area contributed by atoms with Crippen LogP contribution >= 0.6 is 0 Å². The molecule has 2 saturated heterocycles. The van der Waals surface area contributed by atoms with E-state index in [1.807, 2.05) is 35.2 Å². The monoisotopic (exact) mass is 287 g/mol. The molecule has 0 spiro atoms. The first-order valence-corrected chi connectivity index (χ1v) is 7.61. The van der Waals surface area contributed by atoms with Crippen molar-refractivity contribution in [1.29, 1.82) is 0 Å². The molecule has 0 aliphatic carbocycles. The summed E-state index contributed by atoms with van der Waals surface area (Å²) in [7, 11) is 1.41. The van der Waals surface area contributed by atoms with Crippen LogP contribution in [-0.2, 0) is 9.53 Å². The standard InChI is InChI=1S/C17H21NO3/c1-3-12-11-17(16(20)21-2)10-9-14(12)18(17)15(19)13-7-5-4-6-8-13/h4-8,12,14H,3,9-11H2,1-2H3. The molecule has 0 radical (unpaired) electrons. The van der Waals surface area contributed by atoms with E-state index >= 15 is 0 Å². The number of rotatable bonds is 3. The maximum absolute atomic E-state index is 12.9. The summed E-state index contributed by atoms with van der Waals surface area (Å²) >= 11 is 0. The second-order valence-electron chi connectivity index (χ2n) is 6.04. The number of ether oxygens (including phenoxy) is 1. The maximum Gasteiger partial charge on any atom is 0.331 e. The number of methoxy groups -OCH3 is 1. The second kappa shape index (κ2) is 5.17. The van der Waals surface area contributed by atoms with E-state index in [0.29, 0.717) is 11.5 Å². The molecule has 21 heavy (non-hydrogen) atoms. The highest BCUT2D eigenvalue weighted by atomic mass is 16.5. The predicted octanol–water partition coefficient (Wildman–Crippen LogP) is 2.63. The van der Waals surface area contributed by atoms with Gasteiger partial charge < -0.3 is 9.64 Å². The van der Waals surface area contributed by atoms with Gasteiger partial charge in [-0.1, -0.05) is 31.5 Å². The minimum atomic E-state index is -0.743. The predicted molar refractivity (Wildman–Crippen MR) is 78.8 cm³/mol. The van der Waals surface area contributed by atoms with Crippen molar-refractivity contribution >= 4 is 11.9 Å². The topological polar surface area (TPSA) is 46.6 Å². The lowest BCUT2D eigenvalue weighted by atomic mass is 9.80. The van der Waals surface area contributed by atoms with Gasteiger partial charge in [-0.05, 0) is 37.3 Å². The minimum absolute atomic E-state index is 0.0422. The quantitative estimate of drug-likeness (QED) is 0.803. The van der Waals surface area contributed by atoms with Gasteiger partial charge >= 0.3 is 5.97 Å². The zero-order valence-electron chi connectivity index (χ0n) is 12.5. The van der Waals surface area contributed by atoms with Crippen LogP contribution in [0.4, 0.5) is 0 Å². The van der Waals surface area contributed by atoms with E-state index in [4.69, 9.17) is 4.74 Å². The molecule has 0 N–H and O–H groups in total. The number of carbonyl (C=O) groups is 2. The Labute approximate surface area is 125 Å². The van der Waals surface area contributed by atoms with Crippen LogP contribution in [0, 0.1) is 5.92 Å². The Hall–Kier alpha value is -1.84. The van der Waals surface area contributed by atoms with Crippen molar-refractivity contribution in [3.05, 3.63) is 35.9 Å². The van der Waals surface area contributed by atoms with Crippen LogP contribution in [-0.4, -0.2) is 35.5 Å². The average Bonchev–Trinajstić information content (AvgIpc) is 3.08. The molecule has 2 bridgehead atoms. The van der Waals surface area contributed by atoms with Crippen molar-refractivity contribution in [1.82, 2.24) is 4.90 Å². The van der Waals surface area contributed by atoms with Crippen LogP contribution in [0.25, 0.3) is 0 Å². The second-order valence-corrected chi connectivity index (χ2v) is 6.04. The molecule has 2 aliphatic heterocycles. The fraction of sp³-hybridized carbons (Fsp3) is 0.529. The van der Waals surface area contributed by atoms with E-state index in [1.165, 1.54) is 7.11 Å². The molecule has 0 saturated carbocycles. The Morgan fingerprint density at radius 3 is 2.67 bits per heavy atom. The van der Waals surface area contributed by atoms with Crippen molar-refractivity contribution in [2.24, 2.45) is 5.92 Å². The van der Waals surface area contributed by atoms with E-state index < -0.39 is 5.54 Å². The van der Waals surface area contributed by atoms with Crippen molar-refractivity contribution in [3.63, 3.8) is 0 Å². The molecule has 4 nitrogen and oxygen atoms in total.